The second kappa shape index (κ2) is 8.88. The fourth-order valence-corrected chi connectivity index (χ4v) is 3.71. The van der Waals surface area contributed by atoms with E-state index in [1.807, 2.05) is 24.4 Å². The van der Waals surface area contributed by atoms with Crippen LogP contribution >= 0.6 is 11.3 Å². The lowest BCUT2D eigenvalue weighted by Gasteiger charge is -2.13. The minimum absolute atomic E-state index is 0.0139. The average molecular weight is 401 g/mol. The van der Waals surface area contributed by atoms with Crippen LogP contribution in [0.3, 0.4) is 0 Å². The molecule has 0 aliphatic heterocycles. The van der Waals surface area contributed by atoms with E-state index in [1.165, 1.54) is 25.1 Å². The summed E-state index contributed by atoms with van der Waals surface area (Å²) in [6.07, 6.45) is 2.39. The molecule has 2 aromatic heterocycles. The molecular weight excluding hydrogens is 378 g/mol. The molecule has 0 bridgehead atoms. The van der Waals surface area contributed by atoms with E-state index in [9.17, 15) is 9.59 Å². The van der Waals surface area contributed by atoms with Gasteiger partial charge in [0.2, 0.25) is 5.91 Å². The summed E-state index contributed by atoms with van der Waals surface area (Å²) in [6, 6.07) is 7.26. The lowest BCUT2D eigenvalue weighted by molar-refractivity contribution is -0.121. The number of rotatable bonds is 8. The SMILES string of the molecule is COc1cc2ncn(CCCC(=O)NC(C)c3cccs3)c(=O)c2cc1OC. The molecule has 1 aromatic carbocycles. The Morgan fingerprint density at radius 2 is 2.04 bits per heavy atom. The minimum atomic E-state index is -0.168. The maximum absolute atomic E-state index is 12.7. The van der Waals surface area contributed by atoms with E-state index < -0.39 is 0 Å². The number of aromatic nitrogens is 2. The summed E-state index contributed by atoms with van der Waals surface area (Å²) in [5.74, 6) is 0.971. The number of nitrogens with zero attached hydrogens (tertiary/aromatic N) is 2. The Morgan fingerprint density at radius 3 is 2.71 bits per heavy atom. The number of aryl methyl sites for hydroxylation is 1. The van der Waals surface area contributed by atoms with Crippen LogP contribution in [0.4, 0.5) is 0 Å². The summed E-state index contributed by atoms with van der Waals surface area (Å²) in [7, 11) is 3.06. The zero-order chi connectivity index (χ0) is 20.1. The molecule has 0 saturated carbocycles. The summed E-state index contributed by atoms with van der Waals surface area (Å²) in [5, 5.41) is 5.42. The van der Waals surface area contributed by atoms with Crippen molar-refractivity contribution in [3.05, 3.63) is 51.2 Å². The topological polar surface area (TPSA) is 82.5 Å². The van der Waals surface area contributed by atoms with Crippen molar-refractivity contribution < 1.29 is 14.3 Å². The smallest absolute Gasteiger partial charge is 0.261 e. The molecule has 0 radical (unpaired) electrons. The van der Waals surface area contributed by atoms with Crippen molar-refractivity contribution in [2.75, 3.05) is 14.2 Å². The molecule has 2 heterocycles. The van der Waals surface area contributed by atoms with E-state index in [4.69, 9.17) is 9.47 Å². The van der Waals surface area contributed by atoms with E-state index >= 15 is 0 Å². The van der Waals surface area contributed by atoms with Crippen LogP contribution in [0.2, 0.25) is 0 Å². The highest BCUT2D eigenvalue weighted by atomic mass is 32.1. The van der Waals surface area contributed by atoms with Gasteiger partial charge in [-0.15, -0.1) is 11.3 Å². The maximum Gasteiger partial charge on any atom is 0.261 e. The van der Waals surface area contributed by atoms with Gasteiger partial charge in [0.05, 0.1) is 37.5 Å². The number of carbonyl (C=O) groups is 1. The van der Waals surface area contributed by atoms with Gasteiger partial charge in [-0.25, -0.2) is 4.98 Å². The highest BCUT2D eigenvalue weighted by Gasteiger charge is 2.12. The van der Waals surface area contributed by atoms with Crippen LogP contribution in [-0.2, 0) is 11.3 Å². The number of benzene rings is 1. The second-order valence-electron chi connectivity index (χ2n) is 6.38. The number of amides is 1. The number of fused-ring (bicyclic) bond motifs is 1. The number of methoxy groups -OCH3 is 2. The van der Waals surface area contributed by atoms with Gasteiger partial charge in [-0.2, -0.15) is 0 Å². The first-order valence-electron chi connectivity index (χ1n) is 8.97. The highest BCUT2D eigenvalue weighted by molar-refractivity contribution is 7.10. The molecule has 8 heteroatoms. The van der Waals surface area contributed by atoms with E-state index in [-0.39, 0.29) is 17.5 Å². The Labute approximate surface area is 166 Å². The van der Waals surface area contributed by atoms with Crippen LogP contribution in [0.25, 0.3) is 10.9 Å². The Hall–Kier alpha value is -2.87. The molecule has 1 atom stereocenters. The van der Waals surface area contributed by atoms with Crippen molar-refractivity contribution in [3.63, 3.8) is 0 Å². The molecule has 0 saturated heterocycles. The van der Waals surface area contributed by atoms with Gasteiger partial charge in [-0.05, 0) is 30.9 Å². The van der Waals surface area contributed by atoms with Gasteiger partial charge in [-0.1, -0.05) is 6.07 Å². The predicted molar refractivity (Wildman–Crippen MR) is 109 cm³/mol. The van der Waals surface area contributed by atoms with Gasteiger partial charge in [-0.3, -0.25) is 14.2 Å². The number of thiophene rings is 1. The Morgan fingerprint density at radius 1 is 1.29 bits per heavy atom. The predicted octanol–water partition coefficient (Wildman–Crippen LogP) is 3.13. The third-order valence-electron chi connectivity index (χ3n) is 4.48. The Bertz CT molecular complexity index is 1010. The largest absolute Gasteiger partial charge is 0.493 e. The quantitative estimate of drug-likeness (QED) is 0.627. The van der Waals surface area contributed by atoms with Crippen LogP contribution in [0.1, 0.15) is 30.7 Å². The summed E-state index contributed by atoms with van der Waals surface area (Å²) in [4.78, 5) is 30.3. The molecule has 1 unspecified atom stereocenters. The van der Waals surface area contributed by atoms with Crippen molar-refractivity contribution in [2.24, 2.45) is 0 Å². The fraction of sp³-hybridized carbons (Fsp3) is 0.350. The molecule has 1 amide bonds. The first-order chi connectivity index (χ1) is 13.5. The van der Waals surface area contributed by atoms with Crippen molar-refractivity contribution >= 4 is 28.1 Å². The van der Waals surface area contributed by atoms with E-state index in [0.29, 0.717) is 41.8 Å². The van der Waals surface area contributed by atoms with E-state index in [2.05, 4.69) is 10.3 Å². The molecule has 0 spiro atoms. The molecule has 7 nitrogen and oxygen atoms in total. The number of nitrogens with one attached hydrogen (secondary N) is 1. The molecule has 0 aliphatic carbocycles. The van der Waals surface area contributed by atoms with Gasteiger partial charge in [0.25, 0.3) is 5.56 Å². The van der Waals surface area contributed by atoms with Gasteiger partial charge in [0.15, 0.2) is 11.5 Å². The first-order valence-corrected chi connectivity index (χ1v) is 9.85. The molecule has 148 valence electrons. The van der Waals surface area contributed by atoms with Gasteiger partial charge in [0, 0.05) is 23.9 Å². The lowest BCUT2D eigenvalue weighted by Crippen LogP contribution is -2.27. The lowest BCUT2D eigenvalue weighted by atomic mass is 10.2. The monoisotopic (exact) mass is 401 g/mol. The van der Waals surface area contributed by atoms with Crippen molar-refractivity contribution in [2.45, 2.75) is 32.4 Å². The van der Waals surface area contributed by atoms with Gasteiger partial charge < -0.3 is 14.8 Å². The Balaban J connectivity index is 1.65. The van der Waals surface area contributed by atoms with Crippen LogP contribution in [0.15, 0.2) is 40.8 Å². The highest BCUT2D eigenvalue weighted by Crippen LogP contribution is 2.29. The molecule has 0 aliphatic rings. The standard InChI is InChI=1S/C20H23N3O4S/c1-13(18-6-5-9-28-18)22-19(24)7-4-8-23-12-21-15-11-17(27-3)16(26-2)10-14(15)20(23)25/h5-6,9-13H,4,7-8H2,1-3H3,(H,22,24). The second-order valence-corrected chi connectivity index (χ2v) is 7.35. The summed E-state index contributed by atoms with van der Waals surface area (Å²) < 4.78 is 12.0. The molecule has 1 N–H and O–H groups in total. The zero-order valence-corrected chi connectivity index (χ0v) is 16.9. The molecular formula is C20H23N3O4S. The summed E-state index contributed by atoms with van der Waals surface area (Å²) in [6.45, 7) is 2.38. The number of hydrogen-bond acceptors (Lipinski definition) is 6. The molecule has 28 heavy (non-hydrogen) atoms. The Kier molecular flexibility index (Phi) is 6.30. The normalized spacial score (nSPS) is 12.0. The van der Waals surface area contributed by atoms with Crippen LogP contribution in [0.5, 0.6) is 11.5 Å². The third kappa shape index (κ3) is 4.33. The summed E-state index contributed by atoms with van der Waals surface area (Å²) >= 11 is 1.61. The van der Waals surface area contributed by atoms with Crippen molar-refractivity contribution in [3.8, 4) is 11.5 Å². The minimum Gasteiger partial charge on any atom is -0.493 e. The first kappa shape index (κ1) is 19.9. The average Bonchev–Trinajstić information content (AvgIpc) is 3.24. The molecule has 3 aromatic rings. The van der Waals surface area contributed by atoms with Crippen molar-refractivity contribution in [1.82, 2.24) is 14.9 Å². The number of hydrogen-bond donors (Lipinski definition) is 1. The maximum atomic E-state index is 12.7. The zero-order valence-electron chi connectivity index (χ0n) is 16.1. The van der Waals surface area contributed by atoms with E-state index in [1.54, 1.807) is 23.5 Å². The number of carbonyl (C=O) groups excluding carboxylic acids is 1. The van der Waals surface area contributed by atoms with Crippen LogP contribution in [-0.4, -0.2) is 29.7 Å². The van der Waals surface area contributed by atoms with Gasteiger partial charge in [0.1, 0.15) is 0 Å². The molecule has 3 rings (SSSR count). The van der Waals surface area contributed by atoms with Crippen molar-refractivity contribution in [1.29, 1.82) is 0 Å². The third-order valence-corrected chi connectivity index (χ3v) is 5.53. The summed E-state index contributed by atoms with van der Waals surface area (Å²) in [5.41, 5.74) is 0.375. The van der Waals surface area contributed by atoms with Gasteiger partial charge >= 0.3 is 0 Å². The van der Waals surface area contributed by atoms with Crippen LogP contribution < -0.4 is 20.3 Å². The van der Waals surface area contributed by atoms with Crippen LogP contribution in [0, 0.1) is 0 Å². The van der Waals surface area contributed by atoms with E-state index in [0.717, 1.165) is 4.88 Å². The number of ether oxygens (including phenoxy) is 2. The molecule has 0 fully saturated rings. The fourth-order valence-electron chi connectivity index (χ4n) is 2.98.